The van der Waals surface area contributed by atoms with Crippen LogP contribution >= 0.6 is 0 Å². The normalized spacial score (nSPS) is 45.0. The number of nitrogen functional groups attached to an aromatic ring is 1. The number of carboxylic acids is 1. The van der Waals surface area contributed by atoms with Crippen LogP contribution in [0.5, 0.6) is 0 Å². The van der Waals surface area contributed by atoms with Gasteiger partial charge in [0.1, 0.15) is 6.04 Å². The van der Waals surface area contributed by atoms with Crippen molar-refractivity contribution in [3.05, 3.63) is 11.6 Å². The predicted octanol–water partition coefficient (Wildman–Crippen LogP) is 6.14. The molecule has 12 atom stereocenters. The number of allylic oxidation sites excluding steroid dienone is 1. The monoisotopic (exact) mass is 654 g/mol. The average molecular weight is 655 g/mol. The molecule has 6 rings (SSSR count). The number of tetrazole rings is 1. The second-order valence-corrected chi connectivity index (χ2v) is 18.5. The summed E-state index contributed by atoms with van der Waals surface area (Å²) in [7, 11) is 0. The maximum absolute atomic E-state index is 13.4. The molecule has 5 aliphatic rings. The van der Waals surface area contributed by atoms with Crippen molar-refractivity contribution in [2.75, 3.05) is 25.6 Å². The fourth-order valence-corrected chi connectivity index (χ4v) is 11.9. The third-order valence-corrected chi connectivity index (χ3v) is 15.7. The maximum atomic E-state index is 13.4. The highest BCUT2D eigenvalue weighted by atomic mass is 16.5. The Kier molecular flexibility index (Phi) is 8.32. The lowest BCUT2D eigenvalue weighted by Gasteiger charge is -2.71. The van der Waals surface area contributed by atoms with Crippen LogP contribution in [0.1, 0.15) is 114 Å². The first kappa shape index (κ1) is 34.8. The van der Waals surface area contributed by atoms with Gasteiger partial charge in [-0.05, 0) is 96.5 Å². The largest absolute Gasteiger partial charge is 0.481 e. The van der Waals surface area contributed by atoms with Crippen molar-refractivity contribution in [1.29, 1.82) is 0 Å². The van der Waals surface area contributed by atoms with Crippen molar-refractivity contribution in [3.8, 4) is 0 Å². The summed E-state index contributed by atoms with van der Waals surface area (Å²) in [5, 5.41) is 24.1. The number of nitrogens with two attached hydrogens (primary N) is 2. The molecule has 264 valence electrons. The fourth-order valence-electron chi connectivity index (χ4n) is 11.9. The molecule has 1 aliphatic heterocycles. The van der Waals surface area contributed by atoms with E-state index in [2.05, 4.69) is 90.7 Å². The van der Waals surface area contributed by atoms with E-state index in [0.717, 1.165) is 38.5 Å². The molecule has 10 heteroatoms. The van der Waals surface area contributed by atoms with E-state index in [4.69, 9.17) is 20.9 Å². The number of hydrogen-bond acceptors (Lipinski definition) is 8. The number of fused-ring (bicyclic) bond motifs is 3. The van der Waals surface area contributed by atoms with E-state index in [-0.39, 0.29) is 57.0 Å². The zero-order chi connectivity index (χ0) is 34.5. The first-order valence-electron chi connectivity index (χ1n) is 18.2. The van der Waals surface area contributed by atoms with Crippen LogP contribution in [0.3, 0.4) is 0 Å². The molecule has 4 fully saturated rings. The van der Waals surface area contributed by atoms with Crippen LogP contribution in [0, 0.1) is 62.6 Å². The predicted molar refractivity (Wildman–Crippen MR) is 182 cm³/mol. The Morgan fingerprint density at radius 1 is 1.13 bits per heavy atom. The van der Waals surface area contributed by atoms with Gasteiger partial charge in [0.25, 0.3) is 5.95 Å². The minimum Gasteiger partial charge on any atom is -0.481 e. The Hall–Kier alpha value is -2.04. The molecule has 47 heavy (non-hydrogen) atoms. The van der Waals surface area contributed by atoms with Crippen LogP contribution in [0.25, 0.3) is 0 Å². The molecule has 5 N–H and O–H groups in total. The Bertz CT molecular complexity index is 1410. The van der Waals surface area contributed by atoms with Crippen LogP contribution in [0.15, 0.2) is 11.6 Å². The molecule has 1 aromatic heterocycles. The number of nitrogens with zero attached hydrogens (tertiary/aromatic N) is 4. The van der Waals surface area contributed by atoms with E-state index in [0.29, 0.717) is 37.6 Å². The lowest BCUT2D eigenvalue weighted by molar-refractivity contribution is -0.253. The number of ether oxygens (including phenoxy) is 2. The van der Waals surface area contributed by atoms with Gasteiger partial charge < -0.3 is 26.0 Å². The Balaban J connectivity index is 1.44. The average Bonchev–Trinajstić information content (AvgIpc) is 3.42. The van der Waals surface area contributed by atoms with E-state index in [1.165, 1.54) is 5.57 Å². The summed E-state index contributed by atoms with van der Waals surface area (Å²) in [6.45, 7) is 24.1. The van der Waals surface area contributed by atoms with Gasteiger partial charge in [0.2, 0.25) is 0 Å². The summed E-state index contributed by atoms with van der Waals surface area (Å²) in [5.41, 5.74) is 12.5. The summed E-state index contributed by atoms with van der Waals surface area (Å²) in [6, 6.07) is -0.193. The highest BCUT2D eigenvalue weighted by molar-refractivity contribution is 5.73. The van der Waals surface area contributed by atoms with Gasteiger partial charge in [0.05, 0.1) is 31.8 Å². The van der Waals surface area contributed by atoms with Gasteiger partial charge in [0.15, 0.2) is 0 Å². The van der Waals surface area contributed by atoms with Crippen molar-refractivity contribution >= 4 is 11.9 Å². The molecule has 0 radical (unpaired) electrons. The Morgan fingerprint density at radius 2 is 1.83 bits per heavy atom. The van der Waals surface area contributed by atoms with E-state index in [9.17, 15) is 9.90 Å². The first-order valence-corrected chi connectivity index (χ1v) is 18.2. The molecule has 0 aromatic carbocycles. The van der Waals surface area contributed by atoms with Crippen molar-refractivity contribution in [2.45, 2.75) is 125 Å². The zero-order valence-corrected chi connectivity index (χ0v) is 30.7. The molecule has 2 heterocycles. The van der Waals surface area contributed by atoms with Crippen molar-refractivity contribution in [1.82, 2.24) is 20.2 Å². The summed E-state index contributed by atoms with van der Waals surface area (Å²) < 4.78 is 13.6. The van der Waals surface area contributed by atoms with Gasteiger partial charge in [-0.1, -0.05) is 79.1 Å². The molecule has 2 bridgehead atoms. The SMILES string of the molecule is CC(C)[C@@H](C)[C@@]1(C)CC[C@]2(C)[C@H]3CC[C@H]4C5(C)COC[C@@]4(C[C@@H](n4nnc(N)n4)[C@@H]5OC[C@](C)(N)C(C)C)C3=CC[C@@]2(C)[C@@H]1C(=O)O. The van der Waals surface area contributed by atoms with E-state index < -0.39 is 17.4 Å². The molecular formula is C37H62N6O4. The van der Waals surface area contributed by atoms with Crippen LogP contribution in [-0.2, 0) is 14.3 Å². The van der Waals surface area contributed by atoms with Gasteiger partial charge >= 0.3 is 5.97 Å². The maximum Gasteiger partial charge on any atom is 0.307 e. The van der Waals surface area contributed by atoms with Crippen LogP contribution < -0.4 is 11.5 Å². The number of aromatic nitrogens is 4. The molecule has 4 aliphatic carbocycles. The van der Waals surface area contributed by atoms with E-state index in [1.54, 1.807) is 4.80 Å². The summed E-state index contributed by atoms with van der Waals surface area (Å²) >= 11 is 0. The molecule has 3 saturated carbocycles. The number of carboxylic acid groups (broad SMARTS) is 1. The summed E-state index contributed by atoms with van der Waals surface area (Å²) in [5.74, 6) is 0.697. The van der Waals surface area contributed by atoms with Gasteiger partial charge in [0, 0.05) is 16.4 Å². The summed E-state index contributed by atoms with van der Waals surface area (Å²) in [4.78, 5) is 15.1. The highest BCUT2D eigenvalue weighted by Crippen LogP contribution is 2.75. The highest BCUT2D eigenvalue weighted by Gasteiger charge is 2.72. The number of anilines is 1. The van der Waals surface area contributed by atoms with Crippen molar-refractivity contribution < 1.29 is 19.4 Å². The standard InChI is InChI=1S/C37H62N6O4/c1-21(2)23(5)32(6)15-16-34(8)24-11-12-27-33(7)18-46-20-37(27,25(24)13-14-35(34,9)28(32)30(44)45)17-26(43-41-31(38)40-42-43)29(33)47-19-36(10,39)22(3)4/h13,21-24,26-29H,11-12,14-20,39H2,1-10H3,(H2,38,41)(H,44,45)/t23-,24+,26-,27+,28-,29+,32-,33?,34-,35+,36+,37+/m1/s1. The van der Waals surface area contributed by atoms with Gasteiger partial charge in [-0.2, -0.15) is 4.80 Å². The van der Waals surface area contributed by atoms with Crippen LogP contribution in [-0.4, -0.2) is 62.7 Å². The lowest BCUT2D eigenvalue weighted by atomic mass is 9.34. The van der Waals surface area contributed by atoms with Crippen LogP contribution in [0.4, 0.5) is 5.95 Å². The van der Waals surface area contributed by atoms with Gasteiger partial charge in [-0.3, -0.25) is 4.79 Å². The fraction of sp³-hybridized carbons (Fsp3) is 0.892. The Morgan fingerprint density at radius 3 is 2.43 bits per heavy atom. The minimum atomic E-state index is -0.633. The van der Waals surface area contributed by atoms with Gasteiger partial charge in [-0.25, -0.2) is 0 Å². The van der Waals surface area contributed by atoms with E-state index >= 15 is 0 Å². The van der Waals surface area contributed by atoms with E-state index in [1.807, 2.05) is 0 Å². The molecule has 0 spiro atoms. The number of rotatable bonds is 8. The molecule has 1 unspecified atom stereocenters. The molecular weight excluding hydrogens is 592 g/mol. The minimum absolute atomic E-state index is 0.151. The quantitative estimate of drug-likeness (QED) is 0.281. The molecule has 0 amide bonds. The third-order valence-electron chi connectivity index (χ3n) is 15.7. The number of hydrogen-bond donors (Lipinski definition) is 3. The van der Waals surface area contributed by atoms with Gasteiger partial charge in [-0.15, -0.1) is 5.10 Å². The van der Waals surface area contributed by atoms with Crippen molar-refractivity contribution in [3.63, 3.8) is 0 Å². The molecule has 1 saturated heterocycles. The molecule has 10 nitrogen and oxygen atoms in total. The Labute approximate surface area is 282 Å². The summed E-state index contributed by atoms with van der Waals surface area (Å²) in [6.07, 6.45) is 7.83. The first-order chi connectivity index (χ1) is 21.8. The second-order valence-electron chi connectivity index (χ2n) is 18.5. The van der Waals surface area contributed by atoms with Crippen molar-refractivity contribution in [2.24, 2.45) is 68.3 Å². The topological polar surface area (TPSA) is 151 Å². The number of aliphatic carboxylic acids is 1. The molecule has 1 aromatic rings. The zero-order valence-electron chi connectivity index (χ0n) is 30.7. The number of carbonyl (C=O) groups is 1. The smallest absolute Gasteiger partial charge is 0.307 e. The van der Waals surface area contributed by atoms with Crippen LogP contribution in [0.2, 0.25) is 0 Å². The second kappa shape index (κ2) is 11.2. The lowest BCUT2D eigenvalue weighted by Crippen LogP contribution is -2.69. The third kappa shape index (κ3) is 4.80.